The Bertz CT molecular complexity index is 256. The van der Waals surface area contributed by atoms with Crippen molar-refractivity contribution >= 4 is 19.5 Å². The molecular weight excluding hydrogens is 288 g/mol. The Morgan fingerprint density at radius 3 is 2.40 bits per heavy atom. The normalized spacial score (nSPS) is 25.2. The Kier molecular flexibility index (Phi) is 10.2. The molecule has 3 N–H and O–H groups in total. The van der Waals surface area contributed by atoms with Crippen LogP contribution in [0.4, 0.5) is 0 Å². The number of nitrogens with two attached hydrogens (primary N) is 1. The molecule has 0 aromatic heterocycles. The van der Waals surface area contributed by atoms with Crippen LogP contribution >= 0.6 is 0 Å². The molecule has 20 heavy (non-hydrogen) atoms. The number of hydrogen-bond acceptors (Lipinski definition) is 5. The van der Waals surface area contributed by atoms with Gasteiger partial charge >= 0.3 is 8.56 Å². The van der Waals surface area contributed by atoms with E-state index in [1.165, 1.54) is 12.8 Å². The second-order valence-corrected chi connectivity index (χ2v) is 8.94. The Labute approximate surface area is 129 Å². The van der Waals surface area contributed by atoms with E-state index in [2.05, 4.69) is 5.32 Å². The van der Waals surface area contributed by atoms with Gasteiger partial charge in [0.15, 0.2) is 0 Å². The van der Waals surface area contributed by atoms with Gasteiger partial charge in [-0.05, 0) is 42.8 Å². The maximum absolute atomic E-state index is 5.94. The maximum Gasteiger partial charge on any atom is 0.370 e. The summed E-state index contributed by atoms with van der Waals surface area (Å²) in [6.45, 7) is 2.53. The third kappa shape index (κ3) is 4.36. The fourth-order valence-electron chi connectivity index (χ4n) is 3.25. The van der Waals surface area contributed by atoms with Crippen LogP contribution in [0.25, 0.3) is 0 Å². The van der Waals surface area contributed by atoms with E-state index in [0.29, 0.717) is 6.54 Å². The van der Waals surface area contributed by atoms with Crippen LogP contribution in [0.5, 0.6) is 0 Å². The van der Waals surface area contributed by atoms with E-state index in [1.54, 1.807) is 21.3 Å². The van der Waals surface area contributed by atoms with E-state index in [0.717, 1.165) is 38.4 Å². The lowest BCUT2D eigenvalue weighted by molar-refractivity contribution is -0.0156. The molecule has 0 aliphatic carbocycles. The second-order valence-electron chi connectivity index (χ2n) is 5.21. The van der Waals surface area contributed by atoms with Crippen LogP contribution in [0, 0.1) is 0 Å². The van der Waals surface area contributed by atoms with Crippen molar-refractivity contribution in [2.24, 2.45) is 5.73 Å². The molecule has 0 aromatic carbocycles. The molecule has 1 fully saturated rings. The molecule has 1 aliphatic heterocycles. The molecule has 1 aliphatic rings. The predicted octanol–water partition coefficient (Wildman–Crippen LogP) is -0.293. The first kappa shape index (κ1) is 20.2. The fourth-order valence-corrected chi connectivity index (χ4v) is 7.16. The number of hydrogen-bond donors (Lipinski definition) is 2. The van der Waals surface area contributed by atoms with Gasteiger partial charge in [-0.15, -0.1) is 0 Å². The van der Waals surface area contributed by atoms with E-state index >= 15 is 0 Å². The van der Waals surface area contributed by atoms with Crippen LogP contribution in [-0.4, -0.2) is 65.7 Å². The Morgan fingerprint density at radius 2 is 1.85 bits per heavy atom. The van der Waals surface area contributed by atoms with Gasteiger partial charge in [-0.1, -0.05) is 12.8 Å². The summed E-state index contributed by atoms with van der Waals surface area (Å²) in [5.74, 6) is 0. The van der Waals surface area contributed by atoms with Gasteiger partial charge in [0.2, 0.25) is 0 Å². The summed E-state index contributed by atoms with van der Waals surface area (Å²) in [4.78, 5) is 0. The van der Waals surface area contributed by atoms with Gasteiger partial charge in [0.05, 0.1) is 0 Å². The van der Waals surface area contributed by atoms with Crippen molar-refractivity contribution in [1.29, 1.82) is 0 Å². The van der Waals surface area contributed by atoms with Crippen molar-refractivity contribution in [2.45, 2.75) is 43.4 Å². The monoisotopic (exact) mass is 322 g/mol. The SMILES string of the molecule is COC1(CCCNCCN)CCCC[Si]1(OC)OC.[SiH4]. The third-order valence-electron chi connectivity index (χ3n) is 4.34. The Morgan fingerprint density at radius 1 is 1.15 bits per heavy atom. The number of rotatable bonds is 9. The number of nitrogens with one attached hydrogen (secondary N) is 1. The first-order valence-corrected chi connectivity index (χ1v) is 9.29. The molecule has 122 valence electrons. The Balaban J connectivity index is 0.00000361. The second kappa shape index (κ2) is 10.0. The van der Waals surface area contributed by atoms with E-state index < -0.39 is 8.56 Å². The van der Waals surface area contributed by atoms with E-state index in [-0.39, 0.29) is 16.2 Å². The van der Waals surface area contributed by atoms with E-state index in [9.17, 15) is 0 Å². The molecular formula is C13H34N2O3Si2. The molecule has 0 radical (unpaired) electrons. The first-order valence-electron chi connectivity index (χ1n) is 7.26. The summed E-state index contributed by atoms with van der Waals surface area (Å²) < 4.78 is 17.7. The highest BCUT2D eigenvalue weighted by atomic mass is 28.4. The van der Waals surface area contributed by atoms with Crippen molar-refractivity contribution in [1.82, 2.24) is 5.32 Å². The minimum Gasteiger partial charge on any atom is -0.396 e. The quantitative estimate of drug-likeness (QED) is 0.451. The molecule has 1 unspecified atom stereocenters. The lowest BCUT2D eigenvalue weighted by Gasteiger charge is -2.48. The summed E-state index contributed by atoms with van der Waals surface area (Å²) in [5, 5.41) is 3.14. The van der Waals surface area contributed by atoms with Crippen LogP contribution in [0.2, 0.25) is 6.04 Å². The van der Waals surface area contributed by atoms with Crippen LogP contribution in [0.1, 0.15) is 32.1 Å². The zero-order valence-corrected chi connectivity index (χ0v) is 13.7. The highest BCUT2D eigenvalue weighted by Crippen LogP contribution is 2.42. The number of methoxy groups -OCH3 is 1. The largest absolute Gasteiger partial charge is 0.396 e. The smallest absolute Gasteiger partial charge is 0.370 e. The summed E-state index contributed by atoms with van der Waals surface area (Å²) >= 11 is 0. The van der Waals surface area contributed by atoms with Gasteiger partial charge in [0.25, 0.3) is 0 Å². The topological polar surface area (TPSA) is 65.7 Å². The molecule has 0 saturated carbocycles. The van der Waals surface area contributed by atoms with Crippen molar-refractivity contribution in [2.75, 3.05) is 41.0 Å². The molecule has 0 spiro atoms. The maximum atomic E-state index is 5.94. The third-order valence-corrected chi connectivity index (χ3v) is 8.76. The standard InChI is InChI=1S/C13H30N2O3Si.H4Si/c1-16-13(8-6-10-15-11-9-14)7-4-5-12-19(13,17-2)18-3;/h15H,4-12,14H2,1-3H3;1H4. The van der Waals surface area contributed by atoms with Gasteiger partial charge in [0, 0.05) is 34.4 Å². The van der Waals surface area contributed by atoms with E-state index in [1.807, 2.05) is 0 Å². The van der Waals surface area contributed by atoms with Crippen LogP contribution in [-0.2, 0) is 13.6 Å². The van der Waals surface area contributed by atoms with Crippen LogP contribution < -0.4 is 11.1 Å². The predicted molar refractivity (Wildman–Crippen MR) is 90.7 cm³/mol. The molecule has 1 atom stereocenters. The summed E-state index contributed by atoms with van der Waals surface area (Å²) in [6, 6.07) is 1.03. The Hall–Kier alpha value is 0.234. The molecule has 1 heterocycles. The minimum atomic E-state index is -2.25. The van der Waals surface area contributed by atoms with E-state index in [4.69, 9.17) is 19.3 Å². The van der Waals surface area contributed by atoms with Crippen LogP contribution in [0.15, 0.2) is 0 Å². The summed E-state index contributed by atoms with van der Waals surface area (Å²) in [7, 11) is 3.11. The lowest BCUT2D eigenvalue weighted by atomic mass is 10.1. The number of ether oxygens (including phenoxy) is 1. The molecule has 5 nitrogen and oxygen atoms in total. The molecule has 0 bridgehead atoms. The van der Waals surface area contributed by atoms with Gasteiger partial charge in [-0.25, -0.2) is 0 Å². The zero-order chi connectivity index (χ0) is 14.2. The minimum absolute atomic E-state index is 0. The van der Waals surface area contributed by atoms with Crippen molar-refractivity contribution in [3.63, 3.8) is 0 Å². The highest BCUT2D eigenvalue weighted by molar-refractivity contribution is 6.70. The van der Waals surface area contributed by atoms with Gasteiger partial charge in [-0.2, -0.15) is 0 Å². The molecule has 1 saturated heterocycles. The summed E-state index contributed by atoms with van der Waals surface area (Å²) in [5.41, 5.74) is 5.47. The zero-order valence-electron chi connectivity index (χ0n) is 12.7. The molecule has 0 aromatic rings. The lowest BCUT2D eigenvalue weighted by Crippen LogP contribution is -2.64. The highest BCUT2D eigenvalue weighted by Gasteiger charge is 2.58. The molecule has 1 rings (SSSR count). The first-order chi connectivity index (χ1) is 9.20. The van der Waals surface area contributed by atoms with Crippen molar-refractivity contribution in [3.8, 4) is 0 Å². The van der Waals surface area contributed by atoms with Crippen molar-refractivity contribution < 1.29 is 13.6 Å². The fraction of sp³-hybridized carbons (Fsp3) is 1.00. The van der Waals surface area contributed by atoms with Gasteiger partial charge < -0.3 is 24.6 Å². The van der Waals surface area contributed by atoms with Crippen molar-refractivity contribution in [3.05, 3.63) is 0 Å². The molecule has 7 heteroatoms. The van der Waals surface area contributed by atoms with Crippen LogP contribution in [0.3, 0.4) is 0 Å². The summed E-state index contributed by atoms with van der Waals surface area (Å²) in [6.07, 6.45) is 5.49. The average molecular weight is 323 g/mol. The molecule has 0 amide bonds. The van der Waals surface area contributed by atoms with Gasteiger partial charge in [-0.3, -0.25) is 0 Å². The average Bonchev–Trinajstić information content (AvgIpc) is 2.47. The van der Waals surface area contributed by atoms with Gasteiger partial charge in [0.1, 0.15) is 5.22 Å².